The van der Waals surface area contributed by atoms with Gasteiger partial charge in [0, 0.05) is 19.3 Å². The van der Waals surface area contributed by atoms with E-state index in [0.29, 0.717) is 5.56 Å². The van der Waals surface area contributed by atoms with Crippen molar-refractivity contribution in [3.8, 4) is 5.75 Å². The number of pyridine rings is 1. The van der Waals surface area contributed by atoms with Gasteiger partial charge in [0.1, 0.15) is 5.75 Å². The SMILES string of the molecule is CCCC1CCCN(C(=O)c2ccncc2O)CC1. The van der Waals surface area contributed by atoms with Gasteiger partial charge in [0.25, 0.3) is 5.91 Å². The van der Waals surface area contributed by atoms with Crippen LogP contribution in [0.5, 0.6) is 5.75 Å². The zero-order chi connectivity index (χ0) is 13.7. The van der Waals surface area contributed by atoms with E-state index in [0.717, 1.165) is 31.8 Å². The van der Waals surface area contributed by atoms with Crippen molar-refractivity contribution in [2.75, 3.05) is 13.1 Å². The lowest BCUT2D eigenvalue weighted by atomic mass is 9.96. The summed E-state index contributed by atoms with van der Waals surface area (Å²) in [6.07, 6.45) is 8.68. The molecule has 1 fully saturated rings. The zero-order valence-electron chi connectivity index (χ0n) is 11.5. The summed E-state index contributed by atoms with van der Waals surface area (Å²) < 4.78 is 0. The van der Waals surface area contributed by atoms with Crippen molar-refractivity contribution in [1.29, 1.82) is 0 Å². The van der Waals surface area contributed by atoms with E-state index in [-0.39, 0.29) is 11.7 Å². The van der Waals surface area contributed by atoms with Crippen LogP contribution in [0.2, 0.25) is 0 Å². The van der Waals surface area contributed by atoms with Gasteiger partial charge in [-0.15, -0.1) is 0 Å². The van der Waals surface area contributed by atoms with Crippen LogP contribution in [0.3, 0.4) is 0 Å². The Balaban J connectivity index is 2.02. The topological polar surface area (TPSA) is 53.4 Å². The summed E-state index contributed by atoms with van der Waals surface area (Å²) >= 11 is 0. The molecule has 1 saturated heterocycles. The molecule has 1 aliphatic heterocycles. The minimum Gasteiger partial charge on any atom is -0.505 e. The van der Waals surface area contributed by atoms with Crippen LogP contribution in [-0.2, 0) is 0 Å². The summed E-state index contributed by atoms with van der Waals surface area (Å²) in [4.78, 5) is 18.0. The largest absolute Gasteiger partial charge is 0.505 e. The van der Waals surface area contributed by atoms with Gasteiger partial charge in [-0.1, -0.05) is 19.8 Å². The van der Waals surface area contributed by atoms with Gasteiger partial charge in [0.15, 0.2) is 0 Å². The summed E-state index contributed by atoms with van der Waals surface area (Å²) in [6, 6.07) is 1.59. The summed E-state index contributed by atoms with van der Waals surface area (Å²) in [5.41, 5.74) is 0.365. The highest BCUT2D eigenvalue weighted by Gasteiger charge is 2.22. The fourth-order valence-electron chi connectivity index (χ4n) is 2.80. The van der Waals surface area contributed by atoms with Crippen LogP contribution in [-0.4, -0.2) is 34.0 Å². The standard InChI is InChI=1S/C15H22N2O2/c1-2-4-12-5-3-9-17(10-7-12)15(19)13-6-8-16-11-14(13)18/h6,8,11-12,18H,2-5,7,9-10H2,1H3. The quantitative estimate of drug-likeness (QED) is 0.911. The van der Waals surface area contributed by atoms with Gasteiger partial charge >= 0.3 is 0 Å². The van der Waals surface area contributed by atoms with E-state index >= 15 is 0 Å². The lowest BCUT2D eigenvalue weighted by molar-refractivity contribution is 0.0756. The average Bonchev–Trinajstić information content (AvgIpc) is 2.65. The Kier molecular flexibility index (Phi) is 4.77. The van der Waals surface area contributed by atoms with Crippen LogP contribution in [0.15, 0.2) is 18.5 Å². The predicted molar refractivity (Wildman–Crippen MR) is 74.1 cm³/mol. The van der Waals surface area contributed by atoms with E-state index in [2.05, 4.69) is 11.9 Å². The van der Waals surface area contributed by atoms with Crippen LogP contribution in [0.4, 0.5) is 0 Å². The van der Waals surface area contributed by atoms with Crippen LogP contribution in [0.1, 0.15) is 49.4 Å². The lowest BCUT2D eigenvalue weighted by Crippen LogP contribution is -2.32. The fourth-order valence-corrected chi connectivity index (χ4v) is 2.80. The van der Waals surface area contributed by atoms with E-state index in [1.807, 2.05) is 4.90 Å². The molecule has 2 rings (SSSR count). The second kappa shape index (κ2) is 6.55. The molecule has 0 radical (unpaired) electrons. The van der Waals surface area contributed by atoms with Crippen LogP contribution in [0, 0.1) is 5.92 Å². The molecule has 104 valence electrons. The molecular weight excluding hydrogens is 240 g/mol. The summed E-state index contributed by atoms with van der Waals surface area (Å²) in [5, 5.41) is 9.71. The number of aromatic nitrogens is 1. The van der Waals surface area contributed by atoms with Crippen molar-refractivity contribution in [1.82, 2.24) is 9.88 Å². The number of hydrogen-bond donors (Lipinski definition) is 1. The molecule has 0 saturated carbocycles. The summed E-state index contributed by atoms with van der Waals surface area (Å²) in [6.45, 7) is 3.80. The number of carbonyl (C=O) groups is 1. The molecule has 19 heavy (non-hydrogen) atoms. The lowest BCUT2D eigenvalue weighted by Gasteiger charge is -2.21. The Morgan fingerprint density at radius 1 is 1.47 bits per heavy atom. The van der Waals surface area contributed by atoms with E-state index < -0.39 is 0 Å². The van der Waals surface area contributed by atoms with E-state index in [1.54, 1.807) is 12.3 Å². The highest BCUT2D eigenvalue weighted by molar-refractivity contribution is 5.96. The minimum atomic E-state index is -0.0722. The first kappa shape index (κ1) is 13.8. The van der Waals surface area contributed by atoms with Gasteiger partial charge in [-0.05, 0) is 31.2 Å². The number of likely N-dealkylation sites (tertiary alicyclic amines) is 1. The van der Waals surface area contributed by atoms with Gasteiger partial charge in [-0.2, -0.15) is 0 Å². The zero-order valence-corrected chi connectivity index (χ0v) is 11.5. The molecule has 1 unspecified atom stereocenters. The first-order chi connectivity index (χ1) is 9.22. The molecule has 1 N–H and O–H groups in total. The number of hydrogen-bond acceptors (Lipinski definition) is 3. The van der Waals surface area contributed by atoms with Crippen molar-refractivity contribution < 1.29 is 9.90 Å². The highest BCUT2D eigenvalue weighted by atomic mass is 16.3. The molecule has 1 aromatic rings. The van der Waals surface area contributed by atoms with Crippen molar-refractivity contribution in [3.05, 3.63) is 24.0 Å². The van der Waals surface area contributed by atoms with Gasteiger partial charge in [-0.25, -0.2) is 0 Å². The number of aromatic hydroxyl groups is 1. The summed E-state index contributed by atoms with van der Waals surface area (Å²) in [5.74, 6) is 0.646. The van der Waals surface area contributed by atoms with E-state index in [1.165, 1.54) is 25.5 Å². The maximum Gasteiger partial charge on any atom is 0.257 e. The highest BCUT2D eigenvalue weighted by Crippen LogP contribution is 2.24. The molecule has 1 aliphatic rings. The van der Waals surface area contributed by atoms with Gasteiger partial charge in [0.2, 0.25) is 0 Å². The maximum atomic E-state index is 12.4. The Labute approximate surface area is 114 Å². The first-order valence-corrected chi connectivity index (χ1v) is 7.14. The molecule has 0 aliphatic carbocycles. The number of nitrogens with zero attached hydrogens (tertiary/aromatic N) is 2. The Morgan fingerprint density at radius 2 is 2.32 bits per heavy atom. The second-order valence-corrected chi connectivity index (χ2v) is 5.27. The second-order valence-electron chi connectivity index (χ2n) is 5.27. The predicted octanol–water partition coefficient (Wildman–Crippen LogP) is 2.83. The molecule has 0 aromatic carbocycles. The minimum absolute atomic E-state index is 0.0261. The fraction of sp³-hybridized carbons (Fsp3) is 0.600. The molecule has 0 bridgehead atoms. The molecule has 1 amide bonds. The molecule has 0 spiro atoms. The van der Waals surface area contributed by atoms with Crippen LogP contribution in [0.25, 0.3) is 0 Å². The van der Waals surface area contributed by atoms with E-state index in [4.69, 9.17) is 0 Å². The normalized spacial score (nSPS) is 20.1. The number of amides is 1. The first-order valence-electron chi connectivity index (χ1n) is 7.14. The molecular formula is C15H22N2O2. The molecule has 1 aromatic heterocycles. The maximum absolute atomic E-state index is 12.4. The summed E-state index contributed by atoms with van der Waals surface area (Å²) in [7, 11) is 0. The number of carbonyl (C=O) groups excluding carboxylic acids is 1. The van der Waals surface area contributed by atoms with Crippen molar-refractivity contribution in [3.63, 3.8) is 0 Å². The average molecular weight is 262 g/mol. The smallest absolute Gasteiger partial charge is 0.257 e. The van der Waals surface area contributed by atoms with E-state index in [9.17, 15) is 9.90 Å². The van der Waals surface area contributed by atoms with Gasteiger partial charge < -0.3 is 10.0 Å². The molecule has 1 atom stereocenters. The molecule has 2 heterocycles. The number of rotatable bonds is 3. The third-order valence-electron chi connectivity index (χ3n) is 3.86. The third-order valence-corrected chi connectivity index (χ3v) is 3.86. The molecule has 4 nitrogen and oxygen atoms in total. The van der Waals surface area contributed by atoms with Crippen LogP contribution >= 0.6 is 0 Å². The Bertz CT molecular complexity index is 434. The van der Waals surface area contributed by atoms with Crippen molar-refractivity contribution in [2.45, 2.75) is 39.0 Å². The van der Waals surface area contributed by atoms with Gasteiger partial charge in [-0.3, -0.25) is 9.78 Å². The van der Waals surface area contributed by atoms with Crippen molar-refractivity contribution >= 4 is 5.91 Å². The Morgan fingerprint density at radius 3 is 3.05 bits per heavy atom. The molecule has 4 heteroatoms. The monoisotopic (exact) mass is 262 g/mol. The van der Waals surface area contributed by atoms with Crippen LogP contribution < -0.4 is 0 Å². The Hall–Kier alpha value is -1.58. The van der Waals surface area contributed by atoms with Crippen molar-refractivity contribution in [2.24, 2.45) is 5.92 Å². The third kappa shape index (κ3) is 3.46. The van der Waals surface area contributed by atoms with Gasteiger partial charge in [0.05, 0.1) is 11.8 Å².